The average molecular weight is 373 g/mol. The second-order valence-electron chi connectivity index (χ2n) is 6.11. The molecule has 3 rings (SSSR count). The lowest BCUT2D eigenvalue weighted by Crippen LogP contribution is -2.41. The van der Waals surface area contributed by atoms with E-state index in [9.17, 15) is 14.4 Å². The van der Waals surface area contributed by atoms with Crippen molar-refractivity contribution in [3.8, 4) is 0 Å². The predicted octanol–water partition coefficient (Wildman–Crippen LogP) is 3.09. The standard InChI is InChI=1S/C19H17ClN2O4/c1-19(14-5-3-4-6-15(14)20)17(24)22(18(25)21-19)11-12-7-9-13(10-8-12)16(23)26-2/h3-10H,11H2,1-2H3,(H,21,25). The van der Waals surface area contributed by atoms with Crippen molar-refractivity contribution >= 4 is 29.5 Å². The SMILES string of the molecule is COC(=O)c1ccc(CN2C(=O)NC(C)(c3ccccc3Cl)C2=O)cc1. The number of benzene rings is 2. The van der Waals surface area contributed by atoms with Gasteiger partial charge in [-0.25, -0.2) is 9.59 Å². The van der Waals surface area contributed by atoms with E-state index in [1.807, 2.05) is 0 Å². The number of urea groups is 1. The Labute approximate surface area is 155 Å². The number of ether oxygens (including phenoxy) is 1. The summed E-state index contributed by atoms with van der Waals surface area (Å²) >= 11 is 6.21. The molecule has 1 heterocycles. The van der Waals surface area contributed by atoms with Gasteiger partial charge < -0.3 is 10.1 Å². The highest BCUT2D eigenvalue weighted by atomic mass is 35.5. The number of hydrogen-bond acceptors (Lipinski definition) is 4. The quantitative estimate of drug-likeness (QED) is 0.661. The van der Waals surface area contributed by atoms with Gasteiger partial charge in [0.05, 0.1) is 19.2 Å². The fraction of sp³-hybridized carbons (Fsp3) is 0.211. The van der Waals surface area contributed by atoms with Crippen LogP contribution in [0, 0.1) is 0 Å². The van der Waals surface area contributed by atoms with E-state index in [-0.39, 0.29) is 12.5 Å². The minimum atomic E-state index is -1.22. The van der Waals surface area contributed by atoms with Crippen molar-refractivity contribution in [3.63, 3.8) is 0 Å². The number of amides is 3. The van der Waals surface area contributed by atoms with Gasteiger partial charge >= 0.3 is 12.0 Å². The van der Waals surface area contributed by atoms with Crippen LogP contribution in [0.25, 0.3) is 0 Å². The second kappa shape index (κ2) is 6.80. The summed E-state index contributed by atoms with van der Waals surface area (Å²) in [5.74, 6) is -0.828. The van der Waals surface area contributed by atoms with Gasteiger partial charge in [-0.3, -0.25) is 9.69 Å². The van der Waals surface area contributed by atoms with E-state index in [1.165, 1.54) is 7.11 Å². The first kappa shape index (κ1) is 17.9. The van der Waals surface area contributed by atoms with Gasteiger partial charge in [-0.2, -0.15) is 0 Å². The van der Waals surface area contributed by atoms with E-state index in [0.29, 0.717) is 21.7 Å². The van der Waals surface area contributed by atoms with Gasteiger partial charge in [-0.05, 0) is 30.7 Å². The molecule has 1 saturated heterocycles. The summed E-state index contributed by atoms with van der Waals surface area (Å²) in [5.41, 5.74) is 0.434. The molecule has 1 aliphatic rings. The third-order valence-corrected chi connectivity index (χ3v) is 4.73. The Morgan fingerprint density at radius 3 is 2.42 bits per heavy atom. The van der Waals surface area contributed by atoms with Gasteiger partial charge in [-0.1, -0.05) is 41.9 Å². The number of halogens is 1. The van der Waals surface area contributed by atoms with E-state index in [2.05, 4.69) is 10.1 Å². The second-order valence-corrected chi connectivity index (χ2v) is 6.52. The molecule has 0 saturated carbocycles. The summed E-state index contributed by atoms with van der Waals surface area (Å²) in [5, 5.41) is 3.14. The number of methoxy groups -OCH3 is 1. The van der Waals surface area contributed by atoms with E-state index in [4.69, 9.17) is 11.6 Å². The van der Waals surface area contributed by atoms with Crippen LogP contribution in [0.15, 0.2) is 48.5 Å². The number of imide groups is 1. The predicted molar refractivity (Wildman–Crippen MR) is 95.7 cm³/mol. The van der Waals surface area contributed by atoms with E-state index in [1.54, 1.807) is 55.5 Å². The van der Waals surface area contributed by atoms with Crippen LogP contribution in [0.2, 0.25) is 5.02 Å². The molecule has 6 nitrogen and oxygen atoms in total. The van der Waals surface area contributed by atoms with Crippen LogP contribution in [-0.4, -0.2) is 29.9 Å². The Morgan fingerprint density at radius 2 is 1.81 bits per heavy atom. The zero-order valence-corrected chi connectivity index (χ0v) is 15.0. The molecule has 0 radical (unpaired) electrons. The maximum Gasteiger partial charge on any atom is 0.337 e. The van der Waals surface area contributed by atoms with Crippen molar-refractivity contribution in [1.29, 1.82) is 0 Å². The fourth-order valence-electron chi connectivity index (χ4n) is 2.94. The minimum Gasteiger partial charge on any atom is -0.465 e. The Morgan fingerprint density at radius 1 is 1.15 bits per heavy atom. The number of nitrogens with zero attached hydrogens (tertiary/aromatic N) is 1. The molecule has 26 heavy (non-hydrogen) atoms. The first-order chi connectivity index (χ1) is 12.4. The molecule has 0 aromatic heterocycles. The molecule has 1 fully saturated rings. The van der Waals surface area contributed by atoms with Crippen LogP contribution in [0.4, 0.5) is 4.79 Å². The molecule has 0 spiro atoms. The van der Waals surface area contributed by atoms with Gasteiger partial charge in [0.1, 0.15) is 5.54 Å². The number of nitrogens with one attached hydrogen (secondary N) is 1. The van der Waals surface area contributed by atoms with Gasteiger partial charge in [-0.15, -0.1) is 0 Å². The Balaban J connectivity index is 1.84. The largest absolute Gasteiger partial charge is 0.465 e. The minimum absolute atomic E-state index is 0.0894. The van der Waals surface area contributed by atoms with Gasteiger partial charge in [0.15, 0.2) is 0 Å². The third kappa shape index (κ3) is 3.04. The van der Waals surface area contributed by atoms with Crippen molar-refractivity contribution in [2.75, 3.05) is 7.11 Å². The van der Waals surface area contributed by atoms with Crippen LogP contribution >= 0.6 is 11.6 Å². The lowest BCUT2D eigenvalue weighted by Gasteiger charge is -2.23. The van der Waals surface area contributed by atoms with E-state index < -0.39 is 17.5 Å². The monoisotopic (exact) mass is 372 g/mol. The molecule has 0 bridgehead atoms. The summed E-state index contributed by atoms with van der Waals surface area (Å²) in [6, 6.07) is 13.0. The van der Waals surface area contributed by atoms with Crippen molar-refractivity contribution in [3.05, 3.63) is 70.2 Å². The molecule has 2 aromatic rings. The van der Waals surface area contributed by atoms with Crippen molar-refractivity contribution in [2.24, 2.45) is 0 Å². The number of carbonyl (C=O) groups is 3. The third-order valence-electron chi connectivity index (χ3n) is 4.40. The van der Waals surface area contributed by atoms with Crippen molar-refractivity contribution < 1.29 is 19.1 Å². The zero-order valence-electron chi connectivity index (χ0n) is 14.3. The number of esters is 1. The summed E-state index contributed by atoms with van der Waals surface area (Å²) < 4.78 is 4.65. The molecule has 0 aliphatic carbocycles. The molecular weight excluding hydrogens is 356 g/mol. The molecular formula is C19H17ClN2O4. The first-order valence-electron chi connectivity index (χ1n) is 7.93. The Kier molecular flexibility index (Phi) is 4.70. The molecule has 2 aromatic carbocycles. The fourth-order valence-corrected chi connectivity index (χ4v) is 3.26. The van der Waals surface area contributed by atoms with Crippen LogP contribution < -0.4 is 5.32 Å². The smallest absolute Gasteiger partial charge is 0.337 e. The first-order valence-corrected chi connectivity index (χ1v) is 8.31. The average Bonchev–Trinajstić information content (AvgIpc) is 2.86. The normalized spacial score (nSPS) is 19.4. The highest BCUT2D eigenvalue weighted by Gasteiger charge is 2.49. The van der Waals surface area contributed by atoms with E-state index >= 15 is 0 Å². The van der Waals surface area contributed by atoms with Crippen LogP contribution in [0.3, 0.4) is 0 Å². The van der Waals surface area contributed by atoms with E-state index in [0.717, 1.165) is 4.90 Å². The van der Waals surface area contributed by atoms with Gasteiger partial charge in [0, 0.05) is 10.6 Å². The summed E-state index contributed by atoms with van der Waals surface area (Å²) in [7, 11) is 1.30. The molecule has 1 atom stereocenters. The highest BCUT2D eigenvalue weighted by Crippen LogP contribution is 2.34. The highest BCUT2D eigenvalue weighted by molar-refractivity contribution is 6.32. The Bertz CT molecular complexity index is 881. The molecule has 1 unspecified atom stereocenters. The lowest BCUT2D eigenvalue weighted by atomic mass is 9.92. The molecule has 134 valence electrons. The number of hydrogen-bond donors (Lipinski definition) is 1. The topological polar surface area (TPSA) is 75.7 Å². The van der Waals surface area contributed by atoms with Crippen molar-refractivity contribution in [1.82, 2.24) is 10.2 Å². The van der Waals surface area contributed by atoms with Gasteiger partial charge in [0.2, 0.25) is 0 Å². The zero-order chi connectivity index (χ0) is 18.9. The lowest BCUT2D eigenvalue weighted by molar-refractivity contribution is -0.131. The summed E-state index contributed by atoms with van der Waals surface area (Å²) in [6.07, 6.45) is 0. The maximum absolute atomic E-state index is 12.9. The molecule has 3 amide bonds. The summed E-state index contributed by atoms with van der Waals surface area (Å²) in [4.78, 5) is 37.9. The number of carbonyl (C=O) groups excluding carboxylic acids is 3. The van der Waals surface area contributed by atoms with Crippen molar-refractivity contribution in [2.45, 2.75) is 19.0 Å². The summed E-state index contributed by atoms with van der Waals surface area (Å²) in [6.45, 7) is 1.72. The number of rotatable bonds is 4. The molecule has 1 N–H and O–H groups in total. The Hall–Kier alpha value is -2.86. The van der Waals surface area contributed by atoms with Crippen LogP contribution in [0.1, 0.15) is 28.4 Å². The van der Waals surface area contributed by atoms with Gasteiger partial charge in [0.25, 0.3) is 5.91 Å². The molecule has 7 heteroatoms. The maximum atomic E-state index is 12.9. The molecule has 1 aliphatic heterocycles. The van der Waals surface area contributed by atoms with Crippen LogP contribution in [0.5, 0.6) is 0 Å². The van der Waals surface area contributed by atoms with Crippen LogP contribution in [-0.2, 0) is 21.6 Å².